The molecule has 2 aliphatic rings. The molecule has 1 saturated heterocycles. The van der Waals surface area contributed by atoms with Crippen LogP contribution in [-0.4, -0.2) is 35.9 Å². The quantitative estimate of drug-likeness (QED) is 0.704. The van der Waals surface area contributed by atoms with Crippen LogP contribution in [0.15, 0.2) is 0 Å². The van der Waals surface area contributed by atoms with Crippen LogP contribution in [0.2, 0.25) is 0 Å². The Bertz CT molecular complexity index is 232. The summed E-state index contributed by atoms with van der Waals surface area (Å²) in [6.07, 6.45) is 7.44. The molecule has 1 aliphatic carbocycles. The summed E-state index contributed by atoms with van der Waals surface area (Å²) in [5.74, 6) is 1.68. The van der Waals surface area contributed by atoms with E-state index in [0.29, 0.717) is 0 Å². The lowest BCUT2D eigenvalue weighted by Gasteiger charge is -2.53. The van der Waals surface area contributed by atoms with Crippen LogP contribution >= 0.6 is 11.9 Å². The van der Waals surface area contributed by atoms with E-state index in [9.17, 15) is 0 Å². The van der Waals surface area contributed by atoms with Crippen molar-refractivity contribution in [1.29, 1.82) is 0 Å². The molecule has 1 saturated carbocycles. The lowest BCUT2D eigenvalue weighted by molar-refractivity contribution is -0.161. The molecular formula is C13H25NOS. The molecule has 0 aromatic carbocycles. The van der Waals surface area contributed by atoms with Crippen molar-refractivity contribution >= 4 is 11.9 Å². The van der Waals surface area contributed by atoms with Gasteiger partial charge in [0.15, 0.2) is 0 Å². The van der Waals surface area contributed by atoms with Crippen molar-refractivity contribution in [3.05, 3.63) is 0 Å². The third kappa shape index (κ3) is 2.27. The summed E-state index contributed by atoms with van der Waals surface area (Å²) < 4.78 is 8.75. The molecule has 3 atom stereocenters. The van der Waals surface area contributed by atoms with E-state index in [1.165, 1.54) is 25.7 Å². The minimum absolute atomic E-state index is 0.174. The molecule has 2 fully saturated rings. The van der Waals surface area contributed by atoms with Gasteiger partial charge in [0, 0.05) is 13.1 Å². The Balaban J connectivity index is 2.07. The van der Waals surface area contributed by atoms with Crippen LogP contribution in [0.3, 0.4) is 0 Å². The van der Waals surface area contributed by atoms with Crippen LogP contribution in [-0.2, 0) is 4.74 Å². The molecule has 3 heteroatoms. The Morgan fingerprint density at radius 3 is 2.75 bits per heavy atom. The first-order valence-corrected chi connectivity index (χ1v) is 7.83. The van der Waals surface area contributed by atoms with Gasteiger partial charge in [-0.25, -0.2) is 4.31 Å². The van der Waals surface area contributed by atoms with E-state index in [0.717, 1.165) is 31.5 Å². The summed E-state index contributed by atoms with van der Waals surface area (Å²) in [6, 6.07) is 0. The van der Waals surface area contributed by atoms with Crippen molar-refractivity contribution in [2.75, 3.05) is 26.0 Å². The maximum atomic E-state index is 6.26. The smallest absolute Gasteiger partial charge is 0.0849 e. The molecule has 1 heterocycles. The van der Waals surface area contributed by atoms with Crippen LogP contribution in [0.1, 0.15) is 39.5 Å². The van der Waals surface area contributed by atoms with Gasteiger partial charge in [-0.15, -0.1) is 0 Å². The summed E-state index contributed by atoms with van der Waals surface area (Å²) in [7, 11) is 0. The second-order valence-corrected chi connectivity index (χ2v) is 6.25. The number of hydrogen-bond donors (Lipinski definition) is 0. The van der Waals surface area contributed by atoms with E-state index in [1.807, 2.05) is 11.9 Å². The van der Waals surface area contributed by atoms with E-state index in [-0.39, 0.29) is 5.60 Å². The monoisotopic (exact) mass is 243 g/mol. The highest BCUT2D eigenvalue weighted by Crippen LogP contribution is 2.47. The highest BCUT2D eigenvalue weighted by atomic mass is 32.2. The number of morpholine rings is 1. The van der Waals surface area contributed by atoms with Gasteiger partial charge in [-0.05, 0) is 37.4 Å². The summed E-state index contributed by atoms with van der Waals surface area (Å²) in [5.41, 5.74) is 0.174. The van der Waals surface area contributed by atoms with Crippen molar-refractivity contribution in [3.8, 4) is 0 Å². The predicted molar refractivity (Wildman–Crippen MR) is 70.6 cm³/mol. The van der Waals surface area contributed by atoms with E-state index in [2.05, 4.69) is 24.4 Å². The van der Waals surface area contributed by atoms with Gasteiger partial charge in [0.1, 0.15) is 0 Å². The molecule has 0 radical (unpaired) electrons. The first kappa shape index (κ1) is 12.7. The Labute approximate surface area is 104 Å². The van der Waals surface area contributed by atoms with Crippen molar-refractivity contribution in [2.45, 2.75) is 45.1 Å². The minimum Gasteiger partial charge on any atom is -0.372 e. The van der Waals surface area contributed by atoms with Gasteiger partial charge in [-0.2, -0.15) is 0 Å². The van der Waals surface area contributed by atoms with Crippen LogP contribution in [0.4, 0.5) is 0 Å². The third-order valence-corrected chi connectivity index (χ3v) is 5.23. The zero-order valence-electron chi connectivity index (χ0n) is 10.9. The van der Waals surface area contributed by atoms with E-state index >= 15 is 0 Å². The van der Waals surface area contributed by atoms with Crippen molar-refractivity contribution < 1.29 is 4.74 Å². The molecular weight excluding hydrogens is 218 g/mol. The highest BCUT2D eigenvalue weighted by molar-refractivity contribution is 7.96. The molecule has 0 bridgehead atoms. The van der Waals surface area contributed by atoms with E-state index < -0.39 is 0 Å². The minimum atomic E-state index is 0.174. The lowest BCUT2D eigenvalue weighted by Crippen LogP contribution is -2.57. The van der Waals surface area contributed by atoms with Gasteiger partial charge in [0.05, 0.1) is 12.2 Å². The molecule has 0 aromatic heterocycles. The Hall–Kier alpha value is 0.270. The SMILES string of the molecule is CCC[C@]1(C2CCC2C)CN(SC)CCO1. The van der Waals surface area contributed by atoms with Crippen molar-refractivity contribution in [1.82, 2.24) is 4.31 Å². The third-order valence-electron chi connectivity index (χ3n) is 4.40. The lowest BCUT2D eigenvalue weighted by atomic mass is 9.64. The van der Waals surface area contributed by atoms with Crippen molar-refractivity contribution in [2.24, 2.45) is 11.8 Å². The first-order chi connectivity index (χ1) is 7.72. The fourth-order valence-corrected chi connectivity index (χ4v) is 3.97. The second-order valence-electron chi connectivity index (χ2n) is 5.37. The summed E-state index contributed by atoms with van der Waals surface area (Å²) in [6.45, 7) is 7.83. The molecule has 94 valence electrons. The van der Waals surface area contributed by atoms with Gasteiger partial charge < -0.3 is 4.74 Å². The standard InChI is InChI=1S/C13H25NOS/c1-4-7-13(12-6-5-11(12)2)10-14(16-3)8-9-15-13/h11-12H,4-10H2,1-3H3/t11?,12?,13-/m1/s1. The molecule has 16 heavy (non-hydrogen) atoms. The molecule has 0 N–H and O–H groups in total. The van der Waals surface area contributed by atoms with Crippen LogP contribution in [0, 0.1) is 11.8 Å². The number of nitrogens with zero attached hydrogens (tertiary/aromatic N) is 1. The Morgan fingerprint density at radius 2 is 2.25 bits per heavy atom. The van der Waals surface area contributed by atoms with Crippen LogP contribution in [0.25, 0.3) is 0 Å². The van der Waals surface area contributed by atoms with Gasteiger partial charge >= 0.3 is 0 Å². The van der Waals surface area contributed by atoms with Gasteiger partial charge in [-0.1, -0.05) is 32.2 Å². The number of hydrogen-bond acceptors (Lipinski definition) is 3. The molecule has 0 spiro atoms. The number of rotatable bonds is 4. The summed E-state index contributed by atoms with van der Waals surface area (Å²) in [5, 5.41) is 0. The van der Waals surface area contributed by atoms with Crippen molar-refractivity contribution in [3.63, 3.8) is 0 Å². The Kier molecular flexibility index (Phi) is 4.20. The fourth-order valence-electron chi connectivity index (χ4n) is 3.36. The van der Waals surface area contributed by atoms with Crippen LogP contribution < -0.4 is 0 Å². The second kappa shape index (κ2) is 5.28. The zero-order valence-corrected chi connectivity index (χ0v) is 11.7. The largest absolute Gasteiger partial charge is 0.372 e. The first-order valence-electron chi connectivity index (χ1n) is 6.65. The van der Waals surface area contributed by atoms with E-state index in [1.54, 1.807) is 0 Å². The number of ether oxygens (including phenoxy) is 1. The zero-order chi connectivity index (χ0) is 11.6. The fraction of sp³-hybridized carbons (Fsp3) is 1.00. The molecule has 2 rings (SSSR count). The highest BCUT2D eigenvalue weighted by Gasteiger charge is 2.48. The molecule has 0 aromatic rings. The maximum Gasteiger partial charge on any atom is 0.0849 e. The predicted octanol–water partition coefficient (Wildman–Crippen LogP) is 3.18. The van der Waals surface area contributed by atoms with Crippen LogP contribution in [0.5, 0.6) is 0 Å². The van der Waals surface area contributed by atoms with Gasteiger partial charge in [0.25, 0.3) is 0 Å². The topological polar surface area (TPSA) is 12.5 Å². The normalized spacial score (nSPS) is 40.7. The molecule has 2 nitrogen and oxygen atoms in total. The Morgan fingerprint density at radius 1 is 1.44 bits per heavy atom. The molecule has 2 unspecified atom stereocenters. The molecule has 0 amide bonds. The van der Waals surface area contributed by atoms with Gasteiger partial charge in [0.2, 0.25) is 0 Å². The van der Waals surface area contributed by atoms with Gasteiger partial charge in [-0.3, -0.25) is 0 Å². The molecule has 1 aliphatic heterocycles. The maximum absolute atomic E-state index is 6.26. The van der Waals surface area contributed by atoms with E-state index in [4.69, 9.17) is 4.74 Å². The average molecular weight is 243 g/mol. The summed E-state index contributed by atoms with van der Waals surface area (Å²) >= 11 is 1.88. The summed E-state index contributed by atoms with van der Waals surface area (Å²) in [4.78, 5) is 0. The average Bonchev–Trinajstić information content (AvgIpc) is 2.27.